The van der Waals surface area contributed by atoms with Gasteiger partial charge in [0.05, 0.1) is 0 Å². The lowest BCUT2D eigenvalue weighted by molar-refractivity contribution is 0.801. The van der Waals surface area contributed by atoms with Gasteiger partial charge in [0.1, 0.15) is 0 Å². The van der Waals surface area contributed by atoms with Crippen LogP contribution in [0.2, 0.25) is 0 Å². The molecular weight excluding hydrogens is 272 g/mol. The molecule has 0 aromatic heterocycles. The first-order valence-electron chi connectivity index (χ1n) is 7.85. The average Bonchev–Trinajstić information content (AvgIpc) is 2.52. The van der Waals surface area contributed by atoms with E-state index in [9.17, 15) is 0 Å². The van der Waals surface area contributed by atoms with Crippen molar-refractivity contribution in [3.63, 3.8) is 0 Å². The maximum Gasteiger partial charge on any atom is -0.0142 e. The minimum absolute atomic E-state index is 0.529. The van der Waals surface area contributed by atoms with Crippen molar-refractivity contribution >= 4 is 10.0 Å². The van der Waals surface area contributed by atoms with Gasteiger partial charge >= 0.3 is 0 Å². The van der Waals surface area contributed by atoms with Gasteiger partial charge in [0, 0.05) is 0 Å². The SMILES string of the molecule is CC(CCc1ccccc1)S(C)(C)CCc1ccccc1. The van der Waals surface area contributed by atoms with E-state index < -0.39 is 10.0 Å². The quantitative estimate of drug-likeness (QED) is 0.649. The smallest absolute Gasteiger partial charge is 0.0142 e. The van der Waals surface area contributed by atoms with Crippen molar-refractivity contribution in [1.82, 2.24) is 0 Å². The maximum atomic E-state index is 2.51. The van der Waals surface area contributed by atoms with E-state index in [-0.39, 0.29) is 0 Å². The zero-order valence-corrected chi connectivity index (χ0v) is 14.4. The van der Waals surface area contributed by atoms with Crippen molar-refractivity contribution < 1.29 is 0 Å². The van der Waals surface area contributed by atoms with E-state index in [1.165, 1.54) is 36.1 Å². The molecule has 0 aliphatic carbocycles. The van der Waals surface area contributed by atoms with Crippen LogP contribution in [0.25, 0.3) is 0 Å². The first-order chi connectivity index (χ1) is 10.1. The van der Waals surface area contributed by atoms with Crippen LogP contribution in [0.4, 0.5) is 0 Å². The summed E-state index contributed by atoms with van der Waals surface area (Å²) in [5, 5.41) is 0.821. The summed E-state index contributed by atoms with van der Waals surface area (Å²) in [4.78, 5) is 0. The molecule has 0 aliphatic rings. The summed E-state index contributed by atoms with van der Waals surface area (Å²) in [5.41, 5.74) is 2.95. The Labute approximate surface area is 131 Å². The van der Waals surface area contributed by atoms with E-state index in [1.807, 2.05) is 0 Å². The highest BCUT2D eigenvalue weighted by Gasteiger charge is 2.20. The number of benzene rings is 2. The lowest BCUT2D eigenvalue weighted by Gasteiger charge is -2.38. The summed E-state index contributed by atoms with van der Waals surface area (Å²) in [6.07, 6.45) is 8.75. The van der Waals surface area contributed by atoms with Crippen LogP contribution >= 0.6 is 10.0 Å². The Morgan fingerprint density at radius 1 is 0.762 bits per heavy atom. The Bertz CT molecular complexity index is 516. The van der Waals surface area contributed by atoms with Crippen LogP contribution in [0.1, 0.15) is 24.5 Å². The highest BCUT2D eigenvalue weighted by atomic mass is 32.3. The van der Waals surface area contributed by atoms with Gasteiger partial charge in [0.15, 0.2) is 0 Å². The van der Waals surface area contributed by atoms with Gasteiger partial charge in [-0.05, 0) is 53.9 Å². The van der Waals surface area contributed by atoms with Gasteiger partial charge in [-0.3, -0.25) is 0 Å². The molecule has 0 saturated carbocycles. The molecule has 0 N–H and O–H groups in total. The van der Waals surface area contributed by atoms with Gasteiger partial charge in [0.25, 0.3) is 0 Å². The summed E-state index contributed by atoms with van der Waals surface area (Å²) in [5.74, 6) is 1.34. The van der Waals surface area contributed by atoms with Crippen LogP contribution in [-0.2, 0) is 12.8 Å². The van der Waals surface area contributed by atoms with Crippen LogP contribution in [0.15, 0.2) is 60.7 Å². The van der Waals surface area contributed by atoms with Gasteiger partial charge in [-0.25, -0.2) is 10.0 Å². The highest BCUT2D eigenvalue weighted by Crippen LogP contribution is 2.47. The highest BCUT2D eigenvalue weighted by molar-refractivity contribution is 8.33. The third-order valence-electron chi connectivity index (χ3n) is 4.53. The van der Waals surface area contributed by atoms with Crippen LogP contribution in [-0.4, -0.2) is 23.5 Å². The molecule has 0 amide bonds. The van der Waals surface area contributed by atoms with Crippen molar-refractivity contribution in [1.29, 1.82) is 0 Å². The Morgan fingerprint density at radius 2 is 1.24 bits per heavy atom. The normalized spacial score (nSPS) is 13.9. The molecule has 1 unspecified atom stereocenters. The van der Waals surface area contributed by atoms with Crippen molar-refractivity contribution in [2.24, 2.45) is 0 Å². The molecule has 114 valence electrons. The van der Waals surface area contributed by atoms with Gasteiger partial charge < -0.3 is 0 Å². The standard InChI is InChI=1S/C20H28S/c1-18(14-15-19-10-6-4-7-11-19)21(2,3)17-16-20-12-8-5-9-13-20/h4-13,18H,14-17H2,1-3H3. The summed E-state index contributed by atoms with van der Waals surface area (Å²) >= 11 is 0. The zero-order valence-electron chi connectivity index (χ0n) is 13.6. The molecule has 2 aromatic carbocycles. The average molecular weight is 301 g/mol. The van der Waals surface area contributed by atoms with Crippen LogP contribution < -0.4 is 0 Å². The van der Waals surface area contributed by atoms with Gasteiger partial charge in [-0.15, -0.1) is 0 Å². The Kier molecular flexibility index (Phi) is 5.93. The fraction of sp³-hybridized carbons (Fsp3) is 0.400. The monoisotopic (exact) mass is 300 g/mol. The summed E-state index contributed by atoms with van der Waals surface area (Å²) in [6.45, 7) is 2.45. The van der Waals surface area contributed by atoms with E-state index >= 15 is 0 Å². The molecular formula is C20H28S. The minimum atomic E-state index is -0.529. The summed E-state index contributed by atoms with van der Waals surface area (Å²) in [7, 11) is -0.529. The molecule has 0 spiro atoms. The van der Waals surface area contributed by atoms with E-state index in [4.69, 9.17) is 0 Å². The van der Waals surface area contributed by atoms with Crippen molar-refractivity contribution in [3.05, 3.63) is 71.8 Å². The molecule has 0 bridgehead atoms. The van der Waals surface area contributed by atoms with Crippen molar-refractivity contribution in [2.45, 2.75) is 31.4 Å². The number of hydrogen-bond acceptors (Lipinski definition) is 0. The lowest BCUT2D eigenvalue weighted by Crippen LogP contribution is -2.18. The number of hydrogen-bond donors (Lipinski definition) is 0. The fourth-order valence-electron chi connectivity index (χ4n) is 2.56. The topological polar surface area (TPSA) is 0 Å². The second-order valence-electron chi connectivity index (χ2n) is 6.40. The maximum absolute atomic E-state index is 2.51. The second-order valence-corrected chi connectivity index (χ2v) is 10.9. The Morgan fingerprint density at radius 3 is 1.76 bits per heavy atom. The minimum Gasteiger partial charge on any atom is -0.244 e. The summed E-state index contributed by atoms with van der Waals surface area (Å²) in [6, 6.07) is 21.8. The Balaban J connectivity index is 1.83. The van der Waals surface area contributed by atoms with Crippen LogP contribution in [0, 0.1) is 0 Å². The molecule has 0 aliphatic heterocycles. The first kappa shape index (κ1) is 16.2. The lowest BCUT2D eigenvalue weighted by atomic mass is 10.1. The molecule has 0 nitrogen and oxygen atoms in total. The van der Waals surface area contributed by atoms with Crippen molar-refractivity contribution in [2.75, 3.05) is 18.3 Å². The third kappa shape index (κ3) is 5.24. The fourth-order valence-corrected chi connectivity index (χ4v) is 4.48. The van der Waals surface area contributed by atoms with Gasteiger partial charge in [-0.2, -0.15) is 0 Å². The van der Waals surface area contributed by atoms with Gasteiger partial charge in [-0.1, -0.05) is 67.6 Å². The molecule has 1 atom stereocenters. The third-order valence-corrected chi connectivity index (χ3v) is 8.20. The zero-order chi connectivity index (χ0) is 15.1. The van der Waals surface area contributed by atoms with E-state index in [0.717, 1.165) is 5.25 Å². The molecule has 21 heavy (non-hydrogen) atoms. The number of aryl methyl sites for hydroxylation is 2. The molecule has 2 rings (SSSR count). The predicted molar refractivity (Wildman–Crippen MR) is 98.7 cm³/mol. The molecule has 2 aromatic rings. The van der Waals surface area contributed by atoms with E-state index in [0.29, 0.717) is 0 Å². The largest absolute Gasteiger partial charge is 0.244 e. The second kappa shape index (κ2) is 7.70. The molecule has 1 heteroatoms. The van der Waals surface area contributed by atoms with Crippen LogP contribution in [0.3, 0.4) is 0 Å². The summed E-state index contributed by atoms with van der Waals surface area (Å²) < 4.78 is 0. The van der Waals surface area contributed by atoms with E-state index in [2.05, 4.69) is 80.1 Å². The van der Waals surface area contributed by atoms with Crippen LogP contribution in [0.5, 0.6) is 0 Å². The molecule has 0 radical (unpaired) electrons. The van der Waals surface area contributed by atoms with Gasteiger partial charge in [0.2, 0.25) is 0 Å². The van der Waals surface area contributed by atoms with E-state index in [1.54, 1.807) is 0 Å². The number of rotatable bonds is 7. The van der Waals surface area contributed by atoms with Crippen molar-refractivity contribution in [3.8, 4) is 0 Å². The Hall–Kier alpha value is -1.21. The first-order valence-corrected chi connectivity index (χ1v) is 10.5. The molecule has 0 heterocycles. The molecule has 0 saturated heterocycles. The molecule has 0 fully saturated rings. The predicted octanol–water partition coefficient (Wildman–Crippen LogP) is 5.31.